The highest BCUT2D eigenvalue weighted by atomic mass is 32.2. The van der Waals surface area contributed by atoms with Crippen LogP contribution in [0, 0.1) is 6.92 Å². The van der Waals surface area contributed by atoms with Gasteiger partial charge in [-0.05, 0) is 30.7 Å². The molecule has 0 atom stereocenters. The van der Waals surface area contributed by atoms with Gasteiger partial charge in [0.05, 0.1) is 5.69 Å². The van der Waals surface area contributed by atoms with Gasteiger partial charge in [0.1, 0.15) is 0 Å². The lowest BCUT2D eigenvalue weighted by atomic mass is 10.1. The Labute approximate surface area is 89.6 Å². The molecule has 0 fully saturated rings. The van der Waals surface area contributed by atoms with Crippen molar-refractivity contribution in [3.63, 3.8) is 0 Å². The van der Waals surface area contributed by atoms with Crippen LogP contribution in [0.4, 0.5) is 5.69 Å². The molecule has 0 bridgehead atoms. The van der Waals surface area contributed by atoms with Crippen molar-refractivity contribution in [2.24, 2.45) is 10.7 Å². The Bertz CT molecular complexity index is 345. The van der Waals surface area contributed by atoms with E-state index in [0.717, 1.165) is 12.1 Å². The maximum absolute atomic E-state index is 5.71. The maximum atomic E-state index is 5.71. The standard InChI is InChI=1S/C11H16N2S/c1-4-9-7-5-6-8(2)10(9)13-11(12)14-3/h5-7H,4H2,1-3H3,(H2,12,13). The normalized spacial score (nSPS) is 11.8. The molecule has 76 valence electrons. The van der Waals surface area contributed by atoms with Crippen molar-refractivity contribution >= 4 is 22.6 Å². The summed E-state index contributed by atoms with van der Waals surface area (Å²) in [5.74, 6) is 0. The lowest BCUT2D eigenvalue weighted by Gasteiger charge is -2.06. The molecule has 0 spiro atoms. The van der Waals surface area contributed by atoms with Crippen LogP contribution in [-0.4, -0.2) is 11.4 Å². The highest BCUT2D eigenvalue weighted by molar-refractivity contribution is 8.13. The largest absolute Gasteiger partial charge is 0.378 e. The smallest absolute Gasteiger partial charge is 0.158 e. The summed E-state index contributed by atoms with van der Waals surface area (Å²) in [4.78, 5) is 4.41. The van der Waals surface area contributed by atoms with Crippen LogP contribution in [0.5, 0.6) is 0 Å². The van der Waals surface area contributed by atoms with Gasteiger partial charge in [-0.15, -0.1) is 0 Å². The summed E-state index contributed by atoms with van der Waals surface area (Å²) < 4.78 is 0. The van der Waals surface area contributed by atoms with Gasteiger partial charge in [-0.3, -0.25) is 0 Å². The van der Waals surface area contributed by atoms with Gasteiger partial charge in [0.2, 0.25) is 0 Å². The fraction of sp³-hybridized carbons (Fsp3) is 0.364. The first kappa shape index (κ1) is 11.1. The molecular formula is C11H16N2S. The molecule has 0 heterocycles. The zero-order chi connectivity index (χ0) is 10.6. The number of thioether (sulfide) groups is 1. The summed E-state index contributed by atoms with van der Waals surface area (Å²) in [6.45, 7) is 4.19. The summed E-state index contributed by atoms with van der Waals surface area (Å²) in [5, 5.41) is 0.619. The fourth-order valence-corrected chi connectivity index (χ4v) is 1.50. The van der Waals surface area contributed by atoms with Gasteiger partial charge in [0.25, 0.3) is 0 Å². The molecule has 1 aromatic rings. The molecule has 0 unspecified atom stereocenters. The Morgan fingerprint density at radius 3 is 2.79 bits per heavy atom. The van der Waals surface area contributed by atoms with Crippen molar-refractivity contribution in [1.82, 2.24) is 0 Å². The average Bonchev–Trinajstić information content (AvgIpc) is 2.20. The minimum atomic E-state index is 0.619. The molecule has 3 heteroatoms. The first-order chi connectivity index (χ1) is 6.69. The van der Waals surface area contributed by atoms with Crippen molar-refractivity contribution in [3.05, 3.63) is 29.3 Å². The predicted molar refractivity (Wildman–Crippen MR) is 65.4 cm³/mol. The molecule has 1 rings (SSSR count). The number of amidine groups is 1. The fourth-order valence-electron chi connectivity index (χ4n) is 1.32. The number of aryl methyl sites for hydroxylation is 2. The number of aliphatic imine (C=N–C) groups is 1. The average molecular weight is 208 g/mol. The van der Waals surface area contributed by atoms with Gasteiger partial charge in [-0.2, -0.15) is 0 Å². The van der Waals surface area contributed by atoms with Crippen LogP contribution in [0.1, 0.15) is 18.1 Å². The zero-order valence-corrected chi connectivity index (χ0v) is 9.69. The number of hydrogen-bond acceptors (Lipinski definition) is 2. The lowest BCUT2D eigenvalue weighted by Crippen LogP contribution is -2.05. The number of benzene rings is 1. The van der Waals surface area contributed by atoms with E-state index in [4.69, 9.17) is 5.73 Å². The summed E-state index contributed by atoms with van der Waals surface area (Å²) in [7, 11) is 0. The van der Waals surface area contributed by atoms with Gasteiger partial charge in [0.15, 0.2) is 5.17 Å². The third-order valence-electron chi connectivity index (χ3n) is 2.13. The van der Waals surface area contributed by atoms with E-state index in [-0.39, 0.29) is 0 Å². The lowest BCUT2D eigenvalue weighted by molar-refractivity contribution is 1.12. The van der Waals surface area contributed by atoms with Gasteiger partial charge >= 0.3 is 0 Å². The van der Waals surface area contributed by atoms with Crippen LogP contribution in [-0.2, 0) is 6.42 Å². The Kier molecular flexibility index (Phi) is 4.01. The molecule has 2 N–H and O–H groups in total. The monoisotopic (exact) mass is 208 g/mol. The molecule has 0 saturated carbocycles. The number of nitrogens with two attached hydrogens (primary N) is 1. The topological polar surface area (TPSA) is 38.4 Å². The Hall–Kier alpha value is -0.960. The van der Waals surface area contributed by atoms with Crippen LogP contribution in [0.3, 0.4) is 0 Å². The van der Waals surface area contributed by atoms with Gasteiger partial charge in [-0.25, -0.2) is 4.99 Å². The van der Waals surface area contributed by atoms with Gasteiger partial charge in [-0.1, -0.05) is 36.9 Å². The second-order valence-corrected chi connectivity index (χ2v) is 3.92. The summed E-state index contributed by atoms with van der Waals surface area (Å²) in [5.41, 5.74) is 9.17. The maximum Gasteiger partial charge on any atom is 0.158 e. The summed E-state index contributed by atoms with van der Waals surface area (Å²) >= 11 is 1.48. The third-order valence-corrected chi connectivity index (χ3v) is 2.64. The van der Waals surface area contributed by atoms with E-state index in [1.807, 2.05) is 6.26 Å². The molecule has 0 amide bonds. The first-order valence-corrected chi connectivity index (χ1v) is 5.88. The number of nitrogens with zero attached hydrogens (tertiary/aromatic N) is 1. The van der Waals surface area contributed by atoms with E-state index in [1.165, 1.54) is 22.9 Å². The minimum absolute atomic E-state index is 0.619. The van der Waals surface area contributed by atoms with Crippen LogP contribution in [0.2, 0.25) is 0 Å². The first-order valence-electron chi connectivity index (χ1n) is 4.65. The second kappa shape index (κ2) is 5.05. The third kappa shape index (κ3) is 2.51. The molecule has 0 saturated heterocycles. The van der Waals surface area contributed by atoms with Crippen molar-refractivity contribution in [1.29, 1.82) is 0 Å². The highest BCUT2D eigenvalue weighted by Crippen LogP contribution is 2.24. The summed E-state index contributed by atoms with van der Waals surface area (Å²) in [6, 6.07) is 6.22. The molecule has 2 nitrogen and oxygen atoms in total. The Morgan fingerprint density at radius 1 is 1.50 bits per heavy atom. The van der Waals surface area contributed by atoms with E-state index in [1.54, 1.807) is 0 Å². The van der Waals surface area contributed by atoms with E-state index in [2.05, 4.69) is 37.0 Å². The van der Waals surface area contributed by atoms with Crippen LogP contribution in [0.15, 0.2) is 23.2 Å². The van der Waals surface area contributed by atoms with Crippen molar-refractivity contribution in [2.45, 2.75) is 20.3 Å². The zero-order valence-electron chi connectivity index (χ0n) is 8.87. The number of hydrogen-bond donors (Lipinski definition) is 1. The SMILES string of the molecule is CCc1cccc(C)c1N=C(N)SC. The second-order valence-electron chi connectivity index (χ2n) is 3.09. The van der Waals surface area contributed by atoms with E-state index in [0.29, 0.717) is 5.17 Å². The van der Waals surface area contributed by atoms with Crippen LogP contribution in [0.25, 0.3) is 0 Å². The molecule has 0 radical (unpaired) electrons. The van der Waals surface area contributed by atoms with E-state index >= 15 is 0 Å². The molecule has 14 heavy (non-hydrogen) atoms. The molecule has 0 aliphatic carbocycles. The molecule has 0 aliphatic heterocycles. The predicted octanol–water partition coefficient (Wildman–Crippen LogP) is 2.87. The summed E-state index contributed by atoms with van der Waals surface area (Å²) in [6.07, 6.45) is 2.92. The van der Waals surface area contributed by atoms with Crippen LogP contribution >= 0.6 is 11.8 Å². The number of rotatable bonds is 2. The van der Waals surface area contributed by atoms with E-state index < -0.39 is 0 Å². The Balaban J connectivity index is 3.17. The minimum Gasteiger partial charge on any atom is -0.378 e. The molecular weight excluding hydrogens is 192 g/mol. The van der Waals surface area contributed by atoms with Crippen LogP contribution < -0.4 is 5.73 Å². The highest BCUT2D eigenvalue weighted by Gasteiger charge is 2.02. The molecule has 1 aromatic carbocycles. The molecule has 0 aromatic heterocycles. The van der Waals surface area contributed by atoms with Gasteiger partial charge in [0, 0.05) is 0 Å². The Morgan fingerprint density at radius 2 is 2.21 bits per heavy atom. The van der Waals surface area contributed by atoms with Crippen molar-refractivity contribution in [2.75, 3.05) is 6.26 Å². The quantitative estimate of drug-likeness (QED) is 0.599. The van der Waals surface area contributed by atoms with Crippen molar-refractivity contribution < 1.29 is 0 Å². The van der Waals surface area contributed by atoms with Gasteiger partial charge < -0.3 is 5.73 Å². The van der Waals surface area contributed by atoms with Crippen molar-refractivity contribution in [3.8, 4) is 0 Å². The van der Waals surface area contributed by atoms with E-state index in [9.17, 15) is 0 Å². The molecule has 0 aliphatic rings. The number of para-hydroxylation sites is 1.